The third-order valence-electron chi connectivity index (χ3n) is 5.76. The Morgan fingerprint density at radius 1 is 0.881 bits per heavy atom. The molecule has 0 bridgehead atoms. The lowest BCUT2D eigenvalue weighted by atomic mass is 10.0. The van der Waals surface area contributed by atoms with Crippen molar-refractivity contribution < 1.29 is 33.4 Å². The molecular weight excluding hydrogens is 558 g/mol. The van der Waals surface area contributed by atoms with Crippen molar-refractivity contribution in [1.29, 1.82) is 0 Å². The lowest BCUT2D eigenvalue weighted by Crippen LogP contribution is -2.55. The van der Waals surface area contributed by atoms with Crippen molar-refractivity contribution >= 4 is 35.6 Å². The summed E-state index contributed by atoms with van der Waals surface area (Å²) in [6, 6.07) is 13.4. The molecule has 0 aliphatic carbocycles. The molecule has 2 aromatic carbocycles. The predicted molar refractivity (Wildman–Crippen MR) is 163 cm³/mol. The fraction of sp³-hybridized carbons (Fsp3) is 0.484. The van der Waals surface area contributed by atoms with Gasteiger partial charge in [0, 0.05) is 12.7 Å². The summed E-state index contributed by atoms with van der Waals surface area (Å²) < 4.78 is 16.6. The lowest BCUT2D eigenvalue weighted by Gasteiger charge is -2.26. The normalized spacial score (nSPS) is 12.6. The van der Waals surface area contributed by atoms with E-state index in [0.29, 0.717) is 12.4 Å². The van der Waals surface area contributed by atoms with Crippen LogP contribution >= 0.6 is 11.8 Å². The van der Waals surface area contributed by atoms with Gasteiger partial charge < -0.3 is 30.2 Å². The highest BCUT2D eigenvalue weighted by Crippen LogP contribution is 2.16. The van der Waals surface area contributed by atoms with E-state index in [9.17, 15) is 19.2 Å². The van der Waals surface area contributed by atoms with Crippen molar-refractivity contribution in [2.75, 3.05) is 11.6 Å². The number of alkyl carbamates (subject to hydrolysis) is 1. The van der Waals surface area contributed by atoms with Crippen LogP contribution in [-0.2, 0) is 37.1 Å². The van der Waals surface area contributed by atoms with Crippen LogP contribution < -0.4 is 20.7 Å². The Bertz CT molecular complexity index is 1180. The Morgan fingerprint density at radius 2 is 1.48 bits per heavy atom. The first kappa shape index (κ1) is 34.5. The van der Waals surface area contributed by atoms with Crippen molar-refractivity contribution in [3.8, 4) is 5.75 Å². The summed E-state index contributed by atoms with van der Waals surface area (Å²) in [5, 5.41) is 7.90. The lowest BCUT2D eigenvalue weighted by molar-refractivity contribution is -0.150. The van der Waals surface area contributed by atoms with Crippen LogP contribution in [0.25, 0.3) is 0 Å². The molecule has 2 atom stereocenters. The summed E-state index contributed by atoms with van der Waals surface area (Å²) in [4.78, 5) is 49.7. The van der Waals surface area contributed by atoms with Crippen LogP contribution in [0.15, 0.2) is 48.5 Å². The van der Waals surface area contributed by atoms with Gasteiger partial charge in [0.25, 0.3) is 0 Å². The Morgan fingerprint density at radius 3 is 2.05 bits per heavy atom. The van der Waals surface area contributed by atoms with E-state index in [1.807, 2.05) is 55.5 Å². The summed E-state index contributed by atoms with van der Waals surface area (Å²) >= 11 is 1.24. The second kappa shape index (κ2) is 16.6. The molecule has 0 aliphatic rings. The molecule has 3 N–H and O–H groups in total. The smallest absolute Gasteiger partial charge is 0.408 e. The van der Waals surface area contributed by atoms with E-state index in [1.54, 1.807) is 34.6 Å². The van der Waals surface area contributed by atoms with Crippen LogP contribution in [0.4, 0.5) is 4.79 Å². The Labute approximate surface area is 252 Å². The van der Waals surface area contributed by atoms with Crippen molar-refractivity contribution in [1.82, 2.24) is 16.0 Å². The van der Waals surface area contributed by atoms with E-state index in [1.165, 1.54) is 24.2 Å². The number of nitrogens with one attached hydrogen (secondary N) is 3. The van der Waals surface area contributed by atoms with Crippen molar-refractivity contribution in [2.24, 2.45) is 5.92 Å². The third kappa shape index (κ3) is 13.3. The highest BCUT2D eigenvalue weighted by atomic mass is 32.2. The second-order valence-corrected chi connectivity index (χ2v) is 12.2. The number of benzene rings is 2. The monoisotopic (exact) mass is 601 g/mol. The molecule has 10 nitrogen and oxygen atoms in total. The zero-order valence-electron chi connectivity index (χ0n) is 25.4. The van der Waals surface area contributed by atoms with Crippen LogP contribution in [0.5, 0.6) is 5.75 Å². The average molecular weight is 602 g/mol. The van der Waals surface area contributed by atoms with Crippen LogP contribution in [0, 0.1) is 12.8 Å². The van der Waals surface area contributed by atoms with Gasteiger partial charge in [-0.1, -0.05) is 55.8 Å². The standard InChI is InChI=1S/C31H43N3O7S/c1-20(2)27(34-28(36)26(18-42-19-32-22(4)35)33-30(38)41-31(5,6)7)29(37)40-17-24-12-14-25(15-13-24)39-16-23-10-8-21(3)9-11-23/h8-15,20,26-27H,16-19H2,1-7H3,(H,32,35)(H,33,38)(H,34,36)/t26-,27-/m0/s1. The van der Waals surface area contributed by atoms with Gasteiger partial charge in [-0.15, -0.1) is 11.8 Å². The Kier molecular flexibility index (Phi) is 13.7. The van der Waals surface area contributed by atoms with Gasteiger partial charge in [0.2, 0.25) is 11.8 Å². The fourth-order valence-electron chi connectivity index (χ4n) is 3.49. The van der Waals surface area contributed by atoms with E-state index < -0.39 is 35.7 Å². The number of rotatable bonds is 14. The van der Waals surface area contributed by atoms with Crippen LogP contribution in [0.3, 0.4) is 0 Å². The third-order valence-corrected chi connectivity index (χ3v) is 6.68. The molecule has 230 valence electrons. The summed E-state index contributed by atoms with van der Waals surface area (Å²) in [6.45, 7) is 12.6. The van der Waals surface area contributed by atoms with E-state index >= 15 is 0 Å². The maximum Gasteiger partial charge on any atom is 0.408 e. The number of carbonyl (C=O) groups excluding carboxylic acids is 4. The van der Waals surface area contributed by atoms with E-state index in [4.69, 9.17) is 14.2 Å². The topological polar surface area (TPSA) is 132 Å². The zero-order chi connectivity index (χ0) is 31.3. The Balaban J connectivity index is 1.96. The average Bonchev–Trinajstić information content (AvgIpc) is 2.90. The quantitative estimate of drug-likeness (QED) is 0.164. The molecule has 0 aliphatic heterocycles. The number of hydrogen-bond acceptors (Lipinski definition) is 8. The minimum atomic E-state index is -1.01. The van der Waals surface area contributed by atoms with Crippen molar-refractivity contribution in [3.63, 3.8) is 0 Å². The fourth-order valence-corrected chi connectivity index (χ4v) is 4.38. The van der Waals surface area contributed by atoms with E-state index in [2.05, 4.69) is 16.0 Å². The molecule has 0 radical (unpaired) electrons. The number of aryl methyl sites for hydroxylation is 1. The summed E-state index contributed by atoms with van der Waals surface area (Å²) in [5.41, 5.74) is 2.25. The second-order valence-electron chi connectivity index (χ2n) is 11.2. The Hall–Kier alpha value is -3.73. The number of ether oxygens (including phenoxy) is 3. The van der Waals surface area contributed by atoms with Crippen LogP contribution in [0.2, 0.25) is 0 Å². The first-order valence-corrected chi connectivity index (χ1v) is 14.9. The van der Waals surface area contributed by atoms with Crippen molar-refractivity contribution in [3.05, 3.63) is 65.2 Å². The molecule has 0 unspecified atom stereocenters. The van der Waals surface area contributed by atoms with Gasteiger partial charge in [-0.05, 0) is 56.9 Å². The van der Waals surface area contributed by atoms with Gasteiger partial charge in [0.1, 0.15) is 36.6 Å². The highest BCUT2D eigenvalue weighted by Gasteiger charge is 2.31. The number of carbonyl (C=O) groups is 4. The SMILES string of the molecule is CC(=O)NCSC[C@H](NC(=O)OC(C)(C)C)C(=O)N[C@H](C(=O)OCc1ccc(OCc2ccc(C)cc2)cc1)C(C)C. The number of esters is 1. The minimum Gasteiger partial charge on any atom is -0.489 e. The molecule has 0 saturated carbocycles. The molecule has 0 saturated heterocycles. The molecule has 0 heterocycles. The molecular formula is C31H43N3O7S. The van der Waals surface area contributed by atoms with Gasteiger partial charge in [-0.2, -0.15) is 0 Å². The van der Waals surface area contributed by atoms with Crippen molar-refractivity contribution in [2.45, 2.75) is 79.4 Å². The molecule has 2 aromatic rings. The molecule has 2 rings (SSSR count). The zero-order valence-corrected chi connectivity index (χ0v) is 26.3. The van der Waals surface area contributed by atoms with Gasteiger partial charge >= 0.3 is 12.1 Å². The highest BCUT2D eigenvalue weighted by molar-refractivity contribution is 7.99. The molecule has 0 aromatic heterocycles. The van der Waals surface area contributed by atoms with Crippen LogP contribution in [0.1, 0.15) is 58.2 Å². The summed E-state index contributed by atoms with van der Waals surface area (Å²) in [7, 11) is 0. The largest absolute Gasteiger partial charge is 0.489 e. The molecule has 11 heteroatoms. The molecule has 3 amide bonds. The number of hydrogen-bond donors (Lipinski definition) is 3. The maximum absolute atomic E-state index is 13.2. The van der Waals surface area contributed by atoms with E-state index in [0.717, 1.165) is 11.1 Å². The predicted octanol–water partition coefficient (Wildman–Crippen LogP) is 4.48. The summed E-state index contributed by atoms with van der Waals surface area (Å²) in [6.07, 6.45) is -0.766. The van der Waals surface area contributed by atoms with Gasteiger partial charge in [-0.3, -0.25) is 9.59 Å². The minimum absolute atomic E-state index is 0.0162. The van der Waals surface area contributed by atoms with Gasteiger partial charge in [-0.25, -0.2) is 9.59 Å². The van der Waals surface area contributed by atoms with E-state index in [-0.39, 0.29) is 30.1 Å². The molecule has 0 spiro atoms. The first-order valence-electron chi connectivity index (χ1n) is 13.8. The van der Waals surface area contributed by atoms with Gasteiger partial charge in [0.05, 0.1) is 5.88 Å². The van der Waals surface area contributed by atoms with Gasteiger partial charge in [0.15, 0.2) is 0 Å². The molecule has 42 heavy (non-hydrogen) atoms. The number of thioether (sulfide) groups is 1. The molecule has 0 fully saturated rings. The first-order chi connectivity index (χ1) is 19.7. The van der Waals surface area contributed by atoms with Crippen LogP contribution in [-0.4, -0.2) is 53.2 Å². The maximum atomic E-state index is 13.2. The summed E-state index contributed by atoms with van der Waals surface area (Å²) in [5.74, 6) is -0.576. The number of amides is 3.